The molecule has 1 unspecified atom stereocenters. The lowest BCUT2D eigenvalue weighted by atomic mass is 10.0. The number of nitrogens with zero attached hydrogens (tertiary/aromatic N) is 1. The van der Waals surface area contributed by atoms with Crippen LogP contribution in [0, 0.1) is 6.92 Å². The molecule has 6 heteroatoms. The second-order valence-electron chi connectivity index (χ2n) is 7.33. The minimum atomic E-state index is -0.929. The van der Waals surface area contributed by atoms with Crippen LogP contribution in [0.1, 0.15) is 35.2 Å². The highest BCUT2D eigenvalue weighted by molar-refractivity contribution is 6.05. The molecule has 4 rings (SSSR count). The Balaban J connectivity index is 1.85. The van der Waals surface area contributed by atoms with Crippen molar-refractivity contribution in [2.75, 3.05) is 6.54 Å². The van der Waals surface area contributed by atoms with Gasteiger partial charge in [-0.3, -0.25) is 14.4 Å². The van der Waals surface area contributed by atoms with Crippen LogP contribution in [0.2, 0.25) is 0 Å². The van der Waals surface area contributed by atoms with Gasteiger partial charge in [0.05, 0.1) is 17.4 Å². The Morgan fingerprint density at radius 2 is 1.90 bits per heavy atom. The third-order valence-corrected chi connectivity index (χ3v) is 5.46. The van der Waals surface area contributed by atoms with Crippen molar-refractivity contribution in [3.05, 3.63) is 69.9 Å². The number of carboxylic acids is 1. The van der Waals surface area contributed by atoms with Gasteiger partial charge in [-0.05, 0) is 31.9 Å². The van der Waals surface area contributed by atoms with E-state index in [1.54, 1.807) is 30.0 Å². The predicted octanol–water partition coefficient (Wildman–Crippen LogP) is 3.85. The molecular formula is C23H21NO5. The monoisotopic (exact) mass is 391 g/mol. The molecule has 2 aromatic carbocycles. The summed E-state index contributed by atoms with van der Waals surface area (Å²) < 4.78 is 6.12. The molecule has 1 atom stereocenters. The zero-order chi connectivity index (χ0) is 20.5. The smallest absolute Gasteiger partial charge is 0.305 e. The molecule has 148 valence electrons. The minimum absolute atomic E-state index is 0.0885. The lowest BCUT2D eigenvalue weighted by Crippen LogP contribution is -2.37. The maximum absolute atomic E-state index is 13.3. The number of benzene rings is 2. The van der Waals surface area contributed by atoms with E-state index in [1.807, 2.05) is 30.3 Å². The molecule has 1 N–H and O–H groups in total. The molecule has 0 aliphatic carbocycles. The Hall–Kier alpha value is -3.41. The summed E-state index contributed by atoms with van der Waals surface area (Å²) in [6.07, 6.45) is 1.32. The van der Waals surface area contributed by atoms with Crippen LogP contribution in [0.4, 0.5) is 0 Å². The molecule has 0 spiro atoms. The Labute approximate surface area is 167 Å². The van der Waals surface area contributed by atoms with E-state index in [2.05, 4.69) is 0 Å². The number of carboxylic acid groups (broad SMARTS) is 1. The normalized spacial score (nSPS) is 16.3. The SMILES string of the molecule is Cc1c(-c2ccccc2)oc2c(C(=O)N3CCCC3CC(=O)O)cccc2c1=O. The van der Waals surface area contributed by atoms with Crippen LogP contribution in [0.5, 0.6) is 0 Å². The molecule has 0 bridgehead atoms. The highest BCUT2D eigenvalue weighted by Crippen LogP contribution is 2.29. The first kappa shape index (κ1) is 18.9. The number of carbonyl (C=O) groups excluding carboxylic acids is 1. The summed E-state index contributed by atoms with van der Waals surface area (Å²) >= 11 is 0. The molecule has 1 amide bonds. The summed E-state index contributed by atoms with van der Waals surface area (Å²) in [7, 11) is 0. The second kappa shape index (κ2) is 7.54. The van der Waals surface area contributed by atoms with E-state index < -0.39 is 5.97 Å². The molecule has 29 heavy (non-hydrogen) atoms. The number of rotatable bonds is 4. The Bertz CT molecular complexity index is 1150. The maximum atomic E-state index is 13.3. The van der Waals surface area contributed by atoms with E-state index >= 15 is 0 Å². The van der Waals surface area contributed by atoms with Crippen molar-refractivity contribution in [2.24, 2.45) is 0 Å². The number of hydrogen-bond acceptors (Lipinski definition) is 4. The van der Waals surface area contributed by atoms with Crippen LogP contribution >= 0.6 is 0 Å². The van der Waals surface area contributed by atoms with Gasteiger partial charge in [0.25, 0.3) is 5.91 Å². The van der Waals surface area contributed by atoms with Crippen LogP contribution < -0.4 is 5.43 Å². The van der Waals surface area contributed by atoms with Gasteiger partial charge in [0.2, 0.25) is 0 Å². The van der Waals surface area contributed by atoms with Gasteiger partial charge in [-0.2, -0.15) is 0 Å². The molecule has 1 saturated heterocycles. The number of carbonyl (C=O) groups is 2. The topological polar surface area (TPSA) is 87.8 Å². The quantitative estimate of drug-likeness (QED) is 0.730. The average Bonchev–Trinajstić information content (AvgIpc) is 3.17. The summed E-state index contributed by atoms with van der Waals surface area (Å²) in [6, 6.07) is 13.9. The fourth-order valence-electron chi connectivity index (χ4n) is 4.01. The highest BCUT2D eigenvalue weighted by Gasteiger charge is 2.32. The van der Waals surface area contributed by atoms with Crippen molar-refractivity contribution >= 4 is 22.8 Å². The van der Waals surface area contributed by atoms with Gasteiger partial charge in [0, 0.05) is 23.7 Å². The first-order valence-electron chi connectivity index (χ1n) is 9.62. The van der Waals surface area contributed by atoms with Gasteiger partial charge in [-0.15, -0.1) is 0 Å². The summed E-state index contributed by atoms with van der Waals surface area (Å²) in [5.41, 5.74) is 1.60. The third kappa shape index (κ3) is 3.42. The predicted molar refractivity (Wildman–Crippen MR) is 109 cm³/mol. The number of fused-ring (bicyclic) bond motifs is 1. The van der Waals surface area contributed by atoms with Crippen molar-refractivity contribution in [1.82, 2.24) is 4.90 Å². The van der Waals surface area contributed by atoms with Gasteiger partial charge < -0.3 is 14.4 Å². The molecule has 2 heterocycles. The molecule has 0 saturated carbocycles. The molecule has 3 aromatic rings. The van der Waals surface area contributed by atoms with E-state index in [1.165, 1.54) is 0 Å². The standard InChI is InChI=1S/C23H21NO5/c1-14-20(27)17-10-5-11-18(22(17)29-21(14)15-7-3-2-4-8-15)23(28)24-12-6-9-16(24)13-19(25)26/h2-5,7-8,10-11,16H,6,9,12-13H2,1H3,(H,25,26). The van der Waals surface area contributed by atoms with E-state index in [-0.39, 0.29) is 34.9 Å². The fourth-order valence-corrected chi connectivity index (χ4v) is 4.01. The largest absolute Gasteiger partial charge is 0.481 e. The molecule has 1 fully saturated rings. The van der Waals surface area contributed by atoms with E-state index in [4.69, 9.17) is 9.52 Å². The summed E-state index contributed by atoms with van der Waals surface area (Å²) in [5, 5.41) is 9.50. The molecule has 0 radical (unpaired) electrons. The molecule has 6 nitrogen and oxygen atoms in total. The van der Waals surface area contributed by atoms with Crippen molar-refractivity contribution in [3.63, 3.8) is 0 Å². The molecule has 1 aliphatic rings. The zero-order valence-electron chi connectivity index (χ0n) is 16.1. The number of amides is 1. The van der Waals surface area contributed by atoms with Crippen LogP contribution in [0.15, 0.2) is 57.7 Å². The number of aliphatic carboxylic acids is 1. The number of likely N-dealkylation sites (tertiary alicyclic amines) is 1. The van der Waals surface area contributed by atoms with Crippen LogP contribution in [-0.2, 0) is 4.79 Å². The molecule has 1 aliphatic heterocycles. The fraction of sp³-hybridized carbons (Fsp3) is 0.261. The Kier molecular flexibility index (Phi) is 4.92. The van der Waals surface area contributed by atoms with Gasteiger partial charge in [-0.25, -0.2) is 0 Å². The molecule has 1 aromatic heterocycles. The number of hydrogen-bond donors (Lipinski definition) is 1. The van der Waals surface area contributed by atoms with Crippen LogP contribution in [0.25, 0.3) is 22.3 Å². The van der Waals surface area contributed by atoms with Crippen LogP contribution in [0.3, 0.4) is 0 Å². The van der Waals surface area contributed by atoms with Crippen molar-refractivity contribution in [3.8, 4) is 11.3 Å². The highest BCUT2D eigenvalue weighted by atomic mass is 16.4. The van der Waals surface area contributed by atoms with E-state index in [0.29, 0.717) is 29.7 Å². The van der Waals surface area contributed by atoms with Gasteiger partial charge in [0.1, 0.15) is 5.76 Å². The van der Waals surface area contributed by atoms with Gasteiger partial charge in [0.15, 0.2) is 11.0 Å². The maximum Gasteiger partial charge on any atom is 0.305 e. The second-order valence-corrected chi connectivity index (χ2v) is 7.33. The summed E-state index contributed by atoms with van der Waals surface area (Å²) in [5.74, 6) is -0.793. The third-order valence-electron chi connectivity index (χ3n) is 5.46. The van der Waals surface area contributed by atoms with Crippen molar-refractivity contribution in [2.45, 2.75) is 32.2 Å². The molecular weight excluding hydrogens is 370 g/mol. The first-order chi connectivity index (χ1) is 14.0. The summed E-state index contributed by atoms with van der Waals surface area (Å²) in [4.78, 5) is 39.0. The van der Waals surface area contributed by atoms with Crippen molar-refractivity contribution in [1.29, 1.82) is 0 Å². The lowest BCUT2D eigenvalue weighted by molar-refractivity contribution is -0.137. The minimum Gasteiger partial charge on any atom is -0.481 e. The van der Waals surface area contributed by atoms with E-state index in [0.717, 1.165) is 12.0 Å². The Morgan fingerprint density at radius 3 is 2.62 bits per heavy atom. The lowest BCUT2D eigenvalue weighted by Gasteiger charge is -2.24. The first-order valence-corrected chi connectivity index (χ1v) is 9.62. The van der Waals surface area contributed by atoms with E-state index in [9.17, 15) is 14.4 Å². The number of para-hydroxylation sites is 1. The zero-order valence-corrected chi connectivity index (χ0v) is 16.1. The summed E-state index contributed by atoms with van der Waals surface area (Å²) in [6.45, 7) is 2.21. The van der Waals surface area contributed by atoms with Crippen LogP contribution in [-0.4, -0.2) is 34.5 Å². The Morgan fingerprint density at radius 1 is 1.14 bits per heavy atom. The average molecular weight is 391 g/mol. The van der Waals surface area contributed by atoms with Gasteiger partial charge >= 0.3 is 5.97 Å². The van der Waals surface area contributed by atoms with Gasteiger partial charge in [-0.1, -0.05) is 36.4 Å². The van der Waals surface area contributed by atoms with Crippen molar-refractivity contribution < 1.29 is 19.1 Å².